The summed E-state index contributed by atoms with van der Waals surface area (Å²) in [4.78, 5) is 38.9. The number of Topliss-reactive ketones (excluding diaryl/α,β-unsaturated/α-hetero) is 2. The van der Waals surface area contributed by atoms with E-state index < -0.39 is 5.41 Å². The number of aldehydes is 1. The van der Waals surface area contributed by atoms with Gasteiger partial charge in [-0.15, -0.1) is 0 Å². The zero-order chi connectivity index (χ0) is 24.2. The minimum atomic E-state index is -0.780. The molecular formula is C30H46O3. The predicted octanol–water partition coefficient (Wildman–Crippen LogP) is 6.82. The van der Waals surface area contributed by atoms with Crippen molar-refractivity contribution in [3.05, 3.63) is 0 Å². The average molecular weight is 455 g/mol. The van der Waals surface area contributed by atoms with E-state index in [0.717, 1.165) is 31.5 Å². The second-order valence-corrected chi connectivity index (χ2v) is 15.0. The fourth-order valence-corrected chi connectivity index (χ4v) is 10.9. The van der Waals surface area contributed by atoms with E-state index in [1.54, 1.807) is 0 Å². The highest BCUT2D eigenvalue weighted by Gasteiger charge is 2.72. The molecule has 0 aromatic carbocycles. The van der Waals surface area contributed by atoms with E-state index in [2.05, 4.69) is 41.5 Å². The zero-order valence-corrected chi connectivity index (χ0v) is 22.2. The molecule has 9 atom stereocenters. The summed E-state index contributed by atoms with van der Waals surface area (Å²) in [6, 6.07) is 0. The van der Waals surface area contributed by atoms with Crippen LogP contribution < -0.4 is 0 Å². The molecule has 0 amide bonds. The molecule has 33 heavy (non-hydrogen) atoms. The molecular weight excluding hydrogens is 408 g/mol. The van der Waals surface area contributed by atoms with E-state index in [1.807, 2.05) is 6.92 Å². The number of ketones is 2. The number of carbonyl (C=O) groups excluding carboxylic acids is 3. The second kappa shape index (κ2) is 6.82. The summed E-state index contributed by atoms with van der Waals surface area (Å²) >= 11 is 0. The van der Waals surface area contributed by atoms with Gasteiger partial charge in [0.2, 0.25) is 0 Å². The van der Waals surface area contributed by atoms with Crippen molar-refractivity contribution in [2.24, 2.45) is 56.2 Å². The molecule has 0 bridgehead atoms. The first-order valence-corrected chi connectivity index (χ1v) is 13.7. The van der Waals surface area contributed by atoms with Crippen molar-refractivity contribution >= 4 is 17.9 Å². The fourth-order valence-electron chi connectivity index (χ4n) is 10.9. The maximum absolute atomic E-state index is 13.5. The summed E-state index contributed by atoms with van der Waals surface area (Å²) in [5.41, 5.74) is 0.315. The Morgan fingerprint density at radius 2 is 1.36 bits per heavy atom. The van der Waals surface area contributed by atoms with Gasteiger partial charge in [-0.05, 0) is 96.7 Å². The smallest absolute Gasteiger partial charge is 0.144 e. The van der Waals surface area contributed by atoms with Crippen molar-refractivity contribution in [2.75, 3.05) is 0 Å². The molecule has 3 heteroatoms. The Morgan fingerprint density at radius 1 is 0.758 bits per heavy atom. The van der Waals surface area contributed by atoms with Gasteiger partial charge in [0.05, 0.1) is 6.42 Å². The molecule has 0 radical (unpaired) electrons. The standard InChI is InChI=1S/C30H46O3/c1-19-20(32)16-21(33)24-27(5)13-15-29(7)23-17-25(2,3)10-11-26(23,4)12-14-28(29,6)22(27)8-9-30(19,24)18-31/h18-19,22-24H,8-17H2,1-7H3/t19-,22?,23+,24?,26+,27+,28+,29?,30-/m0/s1. The first-order valence-electron chi connectivity index (χ1n) is 13.7. The molecule has 0 aromatic heterocycles. The molecule has 5 fully saturated rings. The van der Waals surface area contributed by atoms with Crippen molar-refractivity contribution in [3.8, 4) is 0 Å². The Balaban J connectivity index is 1.59. The molecule has 0 heterocycles. The van der Waals surface area contributed by atoms with Crippen molar-refractivity contribution in [1.29, 1.82) is 0 Å². The molecule has 0 aliphatic heterocycles. The molecule has 0 aromatic rings. The molecule has 5 aliphatic rings. The van der Waals surface area contributed by atoms with Crippen LogP contribution in [0.2, 0.25) is 0 Å². The van der Waals surface area contributed by atoms with Gasteiger partial charge in [0.15, 0.2) is 0 Å². The first kappa shape index (κ1) is 23.7. The van der Waals surface area contributed by atoms with Gasteiger partial charge in [-0.1, -0.05) is 48.5 Å². The highest BCUT2D eigenvalue weighted by Crippen LogP contribution is 2.77. The van der Waals surface area contributed by atoms with Crippen LogP contribution in [0.5, 0.6) is 0 Å². The Morgan fingerprint density at radius 3 is 2.03 bits per heavy atom. The fraction of sp³-hybridized carbons (Fsp3) is 0.900. The van der Waals surface area contributed by atoms with Crippen LogP contribution in [0.15, 0.2) is 0 Å². The molecule has 0 saturated heterocycles. The minimum absolute atomic E-state index is 0.0184. The van der Waals surface area contributed by atoms with E-state index >= 15 is 0 Å². The summed E-state index contributed by atoms with van der Waals surface area (Å²) < 4.78 is 0. The van der Waals surface area contributed by atoms with Crippen molar-refractivity contribution in [2.45, 2.75) is 113 Å². The van der Waals surface area contributed by atoms with Crippen LogP contribution in [0.4, 0.5) is 0 Å². The van der Waals surface area contributed by atoms with Gasteiger partial charge in [-0.3, -0.25) is 9.59 Å². The van der Waals surface area contributed by atoms with Gasteiger partial charge in [0.1, 0.15) is 17.9 Å². The van der Waals surface area contributed by atoms with Gasteiger partial charge < -0.3 is 4.79 Å². The Bertz CT molecular complexity index is 904. The van der Waals surface area contributed by atoms with Gasteiger partial charge in [0, 0.05) is 17.3 Å². The normalized spacial score (nSPS) is 55.6. The van der Waals surface area contributed by atoms with Crippen LogP contribution in [-0.2, 0) is 14.4 Å². The van der Waals surface area contributed by atoms with Crippen LogP contribution in [0.1, 0.15) is 113 Å². The zero-order valence-electron chi connectivity index (χ0n) is 22.2. The first-order chi connectivity index (χ1) is 15.2. The number of rotatable bonds is 1. The van der Waals surface area contributed by atoms with Crippen molar-refractivity contribution in [3.63, 3.8) is 0 Å². The Kier molecular flexibility index (Phi) is 4.90. The molecule has 5 aliphatic carbocycles. The highest BCUT2D eigenvalue weighted by molar-refractivity contribution is 6.07. The molecule has 3 nitrogen and oxygen atoms in total. The SMILES string of the molecule is C[C@H]1C(=O)CC(=O)C2[C@]3(C)CCC4(C)[C@@H]5CC(C)(C)CC[C@]5(C)CC[C@]4(C)C3CC[C@@]21C=O. The summed E-state index contributed by atoms with van der Waals surface area (Å²) in [7, 11) is 0. The van der Waals surface area contributed by atoms with Gasteiger partial charge in [-0.2, -0.15) is 0 Å². The van der Waals surface area contributed by atoms with E-state index in [0.29, 0.717) is 23.2 Å². The third-order valence-electron chi connectivity index (χ3n) is 13.3. The van der Waals surface area contributed by atoms with E-state index in [1.165, 1.54) is 32.1 Å². The van der Waals surface area contributed by atoms with Crippen LogP contribution in [0, 0.1) is 56.2 Å². The quantitative estimate of drug-likeness (QED) is 0.323. The van der Waals surface area contributed by atoms with E-state index in [4.69, 9.17) is 0 Å². The van der Waals surface area contributed by atoms with Crippen molar-refractivity contribution in [1.82, 2.24) is 0 Å². The molecule has 3 unspecified atom stereocenters. The lowest BCUT2D eigenvalue weighted by Crippen LogP contribution is -2.69. The Labute approximate surface area is 201 Å². The average Bonchev–Trinajstić information content (AvgIpc) is 2.74. The van der Waals surface area contributed by atoms with E-state index in [9.17, 15) is 14.4 Å². The number of carbonyl (C=O) groups is 3. The largest absolute Gasteiger partial charge is 0.303 e. The minimum Gasteiger partial charge on any atom is -0.303 e. The highest BCUT2D eigenvalue weighted by atomic mass is 16.2. The summed E-state index contributed by atoms with van der Waals surface area (Å²) in [5, 5.41) is 0. The monoisotopic (exact) mass is 454 g/mol. The van der Waals surface area contributed by atoms with Crippen LogP contribution >= 0.6 is 0 Å². The maximum atomic E-state index is 13.5. The van der Waals surface area contributed by atoms with E-state index in [-0.39, 0.29) is 46.1 Å². The summed E-state index contributed by atoms with van der Waals surface area (Å²) in [6.07, 6.45) is 11.4. The molecule has 0 spiro atoms. The van der Waals surface area contributed by atoms with Crippen LogP contribution in [0.3, 0.4) is 0 Å². The number of fused-ring (bicyclic) bond motifs is 7. The predicted molar refractivity (Wildman–Crippen MR) is 131 cm³/mol. The Hall–Kier alpha value is -0.990. The topological polar surface area (TPSA) is 51.2 Å². The second-order valence-electron chi connectivity index (χ2n) is 15.0. The lowest BCUT2D eigenvalue weighted by Gasteiger charge is -2.74. The molecule has 184 valence electrons. The maximum Gasteiger partial charge on any atom is 0.144 e. The van der Waals surface area contributed by atoms with Gasteiger partial charge in [-0.25, -0.2) is 0 Å². The summed E-state index contributed by atoms with van der Waals surface area (Å²) in [5.74, 6) is 0.592. The van der Waals surface area contributed by atoms with Crippen LogP contribution in [-0.4, -0.2) is 17.9 Å². The third kappa shape index (κ3) is 2.77. The lowest BCUT2D eigenvalue weighted by molar-refractivity contribution is -0.250. The number of hydrogen-bond donors (Lipinski definition) is 0. The lowest BCUT2D eigenvalue weighted by atomic mass is 9.30. The number of hydrogen-bond acceptors (Lipinski definition) is 3. The molecule has 5 rings (SSSR count). The molecule has 0 N–H and O–H groups in total. The van der Waals surface area contributed by atoms with Crippen LogP contribution in [0.25, 0.3) is 0 Å². The third-order valence-corrected chi connectivity index (χ3v) is 13.3. The van der Waals surface area contributed by atoms with Crippen molar-refractivity contribution < 1.29 is 14.4 Å². The summed E-state index contributed by atoms with van der Waals surface area (Å²) in [6.45, 7) is 16.9. The van der Waals surface area contributed by atoms with Gasteiger partial charge >= 0.3 is 0 Å². The molecule has 5 saturated carbocycles. The van der Waals surface area contributed by atoms with Gasteiger partial charge in [0.25, 0.3) is 0 Å².